The topological polar surface area (TPSA) is 53.1 Å². The molecule has 146 valence electrons. The zero-order valence-corrected chi connectivity index (χ0v) is 18.1. The third-order valence-corrected chi connectivity index (χ3v) is 4.90. The van der Waals surface area contributed by atoms with Crippen LogP contribution in [0.2, 0.25) is 0 Å². The molecule has 0 radical (unpaired) electrons. The molecular formula is C22H26BrN5. The number of hydrogen-bond acceptors (Lipinski definition) is 5. The van der Waals surface area contributed by atoms with Gasteiger partial charge in [-0.05, 0) is 67.6 Å². The molecule has 5 nitrogen and oxygen atoms in total. The summed E-state index contributed by atoms with van der Waals surface area (Å²) in [5.41, 5.74) is 4.12. The Morgan fingerprint density at radius 2 is 1.79 bits per heavy atom. The summed E-state index contributed by atoms with van der Waals surface area (Å²) in [6.07, 6.45) is 1.03. The molecule has 0 aliphatic heterocycles. The van der Waals surface area contributed by atoms with Crippen LogP contribution in [0, 0.1) is 6.92 Å². The van der Waals surface area contributed by atoms with Crippen molar-refractivity contribution in [2.24, 2.45) is 0 Å². The van der Waals surface area contributed by atoms with Crippen LogP contribution in [0.4, 0.5) is 17.5 Å². The smallest absolute Gasteiger partial charge is 0.225 e. The summed E-state index contributed by atoms with van der Waals surface area (Å²) in [6, 6.07) is 18.4. The number of halogens is 1. The summed E-state index contributed by atoms with van der Waals surface area (Å²) in [4.78, 5) is 11.5. The van der Waals surface area contributed by atoms with E-state index < -0.39 is 0 Å². The SMILES string of the molecule is Cc1ccc(Nc2cc(-c3ccccc3)nc(NCCCN(C)C)n2)c(Br)c1. The number of aryl methyl sites for hydroxylation is 1. The molecule has 0 amide bonds. The molecule has 3 aromatic rings. The molecule has 0 unspecified atom stereocenters. The lowest BCUT2D eigenvalue weighted by atomic mass is 10.1. The lowest BCUT2D eigenvalue weighted by Crippen LogP contribution is -2.17. The molecule has 3 rings (SSSR count). The average Bonchev–Trinajstić information content (AvgIpc) is 2.68. The van der Waals surface area contributed by atoms with Gasteiger partial charge in [0.2, 0.25) is 5.95 Å². The van der Waals surface area contributed by atoms with Gasteiger partial charge in [0.25, 0.3) is 0 Å². The van der Waals surface area contributed by atoms with E-state index in [1.165, 1.54) is 5.56 Å². The van der Waals surface area contributed by atoms with Crippen molar-refractivity contribution >= 4 is 33.4 Å². The summed E-state index contributed by atoms with van der Waals surface area (Å²) >= 11 is 3.63. The van der Waals surface area contributed by atoms with Gasteiger partial charge in [-0.25, -0.2) is 4.98 Å². The Kier molecular flexibility index (Phi) is 7.01. The van der Waals surface area contributed by atoms with Crippen molar-refractivity contribution in [3.05, 3.63) is 64.6 Å². The standard InChI is InChI=1S/C22H26BrN5/c1-16-10-11-19(18(23)14-16)25-21-15-20(17-8-5-4-6-9-17)26-22(27-21)24-12-7-13-28(2)3/h4-6,8-11,14-15H,7,12-13H2,1-3H3,(H2,24,25,26,27). The van der Waals surface area contributed by atoms with Crippen molar-refractivity contribution in [2.45, 2.75) is 13.3 Å². The Hall–Kier alpha value is -2.44. The number of nitrogens with zero attached hydrogens (tertiary/aromatic N) is 3. The Labute approximate surface area is 175 Å². The number of anilines is 3. The zero-order valence-electron chi connectivity index (χ0n) is 16.5. The number of nitrogens with one attached hydrogen (secondary N) is 2. The number of hydrogen-bond donors (Lipinski definition) is 2. The van der Waals surface area contributed by atoms with Crippen LogP contribution in [0.1, 0.15) is 12.0 Å². The fourth-order valence-corrected chi connectivity index (χ4v) is 3.39. The van der Waals surface area contributed by atoms with Gasteiger partial charge in [-0.2, -0.15) is 4.98 Å². The second kappa shape index (κ2) is 9.66. The Bertz CT molecular complexity index is 912. The molecule has 0 fully saturated rings. The molecule has 0 saturated carbocycles. The monoisotopic (exact) mass is 439 g/mol. The fourth-order valence-electron chi connectivity index (χ4n) is 2.80. The first-order valence-corrected chi connectivity index (χ1v) is 10.2. The molecule has 0 bridgehead atoms. The highest BCUT2D eigenvalue weighted by Gasteiger charge is 2.09. The minimum atomic E-state index is 0.630. The normalized spacial score (nSPS) is 10.9. The van der Waals surface area contributed by atoms with Crippen LogP contribution in [-0.4, -0.2) is 42.1 Å². The highest BCUT2D eigenvalue weighted by atomic mass is 79.9. The zero-order chi connectivity index (χ0) is 19.9. The van der Waals surface area contributed by atoms with Crippen LogP contribution < -0.4 is 10.6 Å². The summed E-state index contributed by atoms with van der Waals surface area (Å²) in [5.74, 6) is 1.39. The van der Waals surface area contributed by atoms with Gasteiger partial charge >= 0.3 is 0 Å². The van der Waals surface area contributed by atoms with Crippen LogP contribution in [-0.2, 0) is 0 Å². The second-order valence-electron chi connectivity index (χ2n) is 7.02. The molecule has 2 aromatic carbocycles. The van der Waals surface area contributed by atoms with Crippen LogP contribution >= 0.6 is 15.9 Å². The molecule has 0 aliphatic carbocycles. The van der Waals surface area contributed by atoms with E-state index >= 15 is 0 Å². The van der Waals surface area contributed by atoms with E-state index in [1.807, 2.05) is 30.3 Å². The van der Waals surface area contributed by atoms with E-state index in [-0.39, 0.29) is 0 Å². The van der Waals surface area contributed by atoms with Gasteiger partial charge in [-0.1, -0.05) is 36.4 Å². The van der Waals surface area contributed by atoms with E-state index in [9.17, 15) is 0 Å². The molecule has 2 N–H and O–H groups in total. The lowest BCUT2D eigenvalue weighted by Gasteiger charge is -2.13. The molecule has 28 heavy (non-hydrogen) atoms. The van der Waals surface area contributed by atoms with Crippen LogP contribution in [0.5, 0.6) is 0 Å². The van der Waals surface area contributed by atoms with Gasteiger partial charge in [0, 0.05) is 22.6 Å². The number of benzene rings is 2. The van der Waals surface area contributed by atoms with Crippen LogP contribution in [0.15, 0.2) is 59.1 Å². The van der Waals surface area contributed by atoms with E-state index in [0.29, 0.717) is 5.95 Å². The molecule has 0 aliphatic rings. The van der Waals surface area contributed by atoms with Crippen molar-refractivity contribution in [3.8, 4) is 11.3 Å². The van der Waals surface area contributed by atoms with Gasteiger partial charge < -0.3 is 15.5 Å². The summed E-state index contributed by atoms with van der Waals surface area (Å²) in [7, 11) is 4.15. The molecular weight excluding hydrogens is 414 g/mol. The van der Waals surface area contributed by atoms with Crippen molar-refractivity contribution in [1.82, 2.24) is 14.9 Å². The van der Waals surface area contributed by atoms with Crippen molar-refractivity contribution in [1.29, 1.82) is 0 Å². The predicted octanol–water partition coefficient (Wildman–Crippen LogP) is 5.32. The first kappa shape index (κ1) is 20.3. The molecule has 0 spiro atoms. The first-order chi connectivity index (χ1) is 13.5. The van der Waals surface area contributed by atoms with Gasteiger partial charge in [-0.15, -0.1) is 0 Å². The van der Waals surface area contributed by atoms with Gasteiger partial charge in [0.05, 0.1) is 11.4 Å². The summed E-state index contributed by atoms with van der Waals surface area (Å²) < 4.78 is 1.01. The lowest BCUT2D eigenvalue weighted by molar-refractivity contribution is 0.405. The third kappa shape index (κ3) is 5.78. The van der Waals surface area contributed by atoms with Gasteiger partial charge in [0.1, 0.15) is 5.82 Å². The molecule has 1 heterocycles. The second-order valence-corrected chi connectivity index (χ2v) is 7.87. The van der Waals surface area contributed by atoms with E-state index in [2.05, 4.69) is 81.7 Å². The Morgan fingerprint density at radius 3 is 2.50 bits per heavy atom. The van der Waals surface area contributed by atoms with E-state index in [0.717, 1.165) is 46.7 Å². The van der Waals surface area contributed by atoms with Crippen molar-refractivity contribution < 1.29 is 0 Å². The molecule has 6 heteroatoms. The number of aromatic nitrogens is 2. The van der Waals surface area contributed by atoms with E-state index in [1.54, 1.807) is 0 Å². The van der Waals surface area contributed by atoms with Crippen LogP contribution in [0.25, 0.3) is 11.3 Å². The molecule has 1 aromatic heterocycles. The minimum absolute atomic E-state index is 0.630. The molecule has 0 saturated heterocycles. The maximum Gasteiger partial charge on any atom is 0.225 e. The third-order valence-electron chi connectivity index (χ3n) is 4.25. The van der Waals surface area contributed by atoms with Crippen molar-refractivity contribution in [3.63, 3.8) is 0 Å². The average molecular weight is 440 g/mol. The van der Waals surface area contributed by atoms with Gasteiger partial charge in [0.15, 0.2) is 0 Å². The maximum absolute atomic E-state index is 4.71. The summed E-state index contributed by atoms with van der Waals surface area (Å²) in [5, 5.41) is 6.77. The Morgan fingerprint density at radius 1 is 1.00 bits per heavy atom. The fraction of sp³-hybridized carbons (Fsp3) is 0.273. The quantitative estimate of drug-likeness (QED) is 0.465. The maximum atomic E-state index is 4.71. The number of rotatable bonds is 8. The Balaban J connectivity index is 1.86. The molecule has 0 atom stereocenters. The highest BCUT2D eigenvalue weighted by Crippen LogP contribution is 2.28. The van der Waals surface area contributed by atoms with Crippen LogP contribution in [0.3, 0.4) is 0 Å². The first-order valence-electron chi connectivity index (χ1n) is 9.37. The van der Waals surface area contributed by atoms with E-state index in [4.69, 9.17) is 4.98 Å². The van der Waals surface area contributed by atoms with Gasteiger partial charge in [-0.3, -0.25) is 0 Å². The van der Waals surface area contributed by atoms with Crippen molar-refractivity contribution in [2.75, 3.05) is 37.8 Å². The minimum Gasteiger partial charge on any atom is -0.354 e. The largest absolute Gasteiger partial charge is 0.354 e. The highest BCUT2D eigenvalue weighted by molar-refractivity contribution is 9.10. The summed E-state index contributed by atoms with van der Waals surface area (Å²) in [6.45, 7) is 3.92. The predicted molar refractivity (Wildman–Crippen MR) is 121 cm³/mol.